The van der Waals surface area contributed by atoms with Crippen LogP contribution in [0.5, 0.6) is 0 Å². The smallest absolute Gasteiger partial charge is 0.246 e. The summed E-state index contributed by atoms with van der Waals surface area (Å²) < 4.78 is 12.9. The Hall–Kier alpha value is -1.47. The van der Waals surface area contributed by atoms with E-state index in [0.717, 1.165) is 20.3 Å². The van der Waals surface area contributed by atoms with Crippen LogP contribution in [-0.2, 0) is 10.8 Å². The fraction of sp³-hybridized carbons (Fsp3) is 0.421. The summed E-state index contributed by atoms with van der Waals surface area (Å²) in [5.74, 6) is 0.913. The minimum Gasteiger partial charge on any atom is -0.443 e. The molecule has 0 spiro atoms. The zero-order valence-electron chi connectivity index (χ0n) is 15.6. The minimum atomic E-state index is -0.101. The first-order valence-electron chi connectivity index (χ1n) is 8.25. The second-order valence-corrected chi connectivity index (χ2v) is 9.93. The van der Waals surface area contributed by atoms with Gasteiger partial charge >= 0.3 is 0 Å². The number of rotatable bonds is 2. The van der Waals surface area contributed by atoms with Gasteiger partial charge < -0.3 is 8.83 Å². The Labute approximate surface area is 169 Å². The molecule has 0 aliphatic rings. The standard InChI is InChI=1S/C19H21Br2N3O2/c1-18(2,3)12-8-25-16(22-12)14-10(20)7-11(21)15(24-14)17-23-13(9-26-17)19(4,5)6/h7-9H,1-6H3. The second kappa shape index (κ2) is 6.60. The van der Waals surface area contributed by atoms with E-state index in [1.165, 1.54) is 0 Å². The third-order valence-corrected chi connectivity index (χ3v) is 5.09. The fourth-order valence-corrected chi connectivity index (χ4v) is 3.50. The van der Waals surface area contributed by atoms with Gasteiger partial charge in [0.15, 0.2) is 0 Å². The van der Waals surface area contributed by atoms with Gasteiger partial charge in [0.2, 0.25) is 11.8 Å². The van der Waals surface area contributed by atoms with E-state index in [1.807, 2.05) is 6.07 Å². The largest absolute Gasteiger partial charge is 0.443 e. The maximum Gasteiger partial charge on any atom is 0.246 e. The summed E-state index contributed by atoms with van der Waals surface area (Å²) >= 11 is 7.09. The molecule has 3 rings (SSSR count). The van der Waals surface area contributed by atoms with Crippen LogP contribution in [0.15, 0.2) is 36.4 Å². The van der Waals surface area contributed by atoms with Crippen molar-refractivity contribution < 1.29 is 8.83 Å². The first-order chi connectivity index (χ1) is 12.0. The van der Waals surface area contributed by atoms with Gasteiger partial charge in [-0.15, -0.1) is 0 Å². The van der Waals surface area contributed by atoms with Crippen LogP contribution in [0.1, 0.15) is 52.9 Å². The summed E-state index contributed by atoms with van der Waals surface area (Å²) in [6.07, 6.45) is 3.35. The molecule has 0 saturated heterocycles. The lowest BCUT2D eigenvalue weighted by molar-refractivity contribution is 0.541. The SMILES string of the molecule is CC(C)(C)c1coc(-c2nc(-c3nc(C(C)(C)C)co3)c(Br)cc2Br)n1. The molecule has 3 aromatic rings. The molecule has 3 aromatic heterocycles. The number of halogens is 2. The molecule has 0 aliphatic carbocycles. The van der Waals surface area contributed by atoms with Crippen molar-refractivity contribution in [3.63, 3.8) is 0 Å². The molecule has 7 heteroatoms. The van der Waals surface area contributed by atoms with E-state index in [0.29, 0.717) is 23.2 Å². The summed E-state index contributed by atoms with van der Waals surface area (Å²) in [6, 6.07) is 1.90. The molecule has 26 heavy (non-hydrogen) atoms. The predicted molar refractivity (Wildman–Crippen MR) is 108 cm³/mol. The Morgan fingerprint density at radius 2 is 1.08 bits per heavy atom. The Kier molecular flexibility index (Phi) is 4.90. The van der Waals surface area contributed by atoms with Crippen LogP contribution < -0.4 is 0 Å². The highest BCUT2D eigenvalue weighted by Gasteiger charge is 2.24. The summed E-state index contributed by atoms with van der Waals surface area (Å²) in [6.45, 7) is 12.5. The molecule has 138 valence electrons. The maximum absolute atomic E-state index is 5.68. The van der Waals surface area contributed by atoms with Crippen molar-refractivity contribution in [1.29, 1.82) is 0 Å². The molecule has 0 saturated carbocycles. The van der Waals surface area contributed by atoms with Crippen LogP contribution in [0.2, 0.25) is 0 Å². The molecule has 5 nitrogen and oxygen atoms in total. The number of oxazole rings is 2. The van der Waals surface area contributed by atoms with Crippen LogP contribution in [0, 0.1) is 0 Å². The van der Waals surface area contributed by atoms with Crippen molar-refractivity contribution in [2.75, 3.05) is 0 Å². The Morgan fingerprint density at radius 3 is 1.38 bits per heavy atom. The average molecular weight is 483 g/mol. The zero-order chi connectivity index (χ0) is 19.3. The average Bonchev–Trinajstić information content (AvgIpc) is 3.15. The molecule has 0 atom stereocenters. The van der Waals surface area contributed by atoms with E-state index in [-0.39, 0.29) is 10.8 Å². The van der Waals surface area contributed by atoms with E-state index < -0.39 is 0 Å². The van der Waals surface area contributed by atoms with Crippen LogP contribution in [0.3, 0.4) is 0 Å². The number of pyridine rings is 1. The molecular formula is C19H21Br2N3O2. The van der Waals surface area contributed by atoms with Crippen molar-refractivity contribution in [2.45, 2.75) is 52.4 Å². The topological polar surface area (TPSA) is 65.0 Å². The number of hydrogen-bond donors (Lipinski definition) is 0. The predicted octanol–water partition coefficient (Wildman–Crippen LogP) is 6.51. The first-order valence-corrected chi connectivity index (χ1v) is 9.84. The quantitative estimate of drug-likeness (QED) is 0.416. The van der Waals surface area contributed by atoms with E-state index in [2.05, 4.69) is 83.4 Å². The lowest BCUT2D eigenvalue weighted by Crippen LogP contribution is -2.11. The monoisotopic (exact) mass is 481 g/mol. The highest BCUT2D eigenvalue weighted by molar-refractivity contribution is 9.11. The van der Waals surface area contributed by atoms with E-state index in [9.17, 15) is 0 Å². The first kappa shape index (κ1) is 19.3. The van der Waals surface area contributed by atoms with E-state index in [4.69, 9.17) is 13.8 Å². The Balaban J connectivity index is 2.08. The van der Waals surface area contributed by atoms with Crippen molar-refractivity contribution in [3.05, 3.63) is 38.9 Å². The zero-order valence-corrected chi connectivity index (χ0v) is 18.8. The molecule has 0 amide bonds. The Bertz CT molecular complexity index is 873. The highest BCUT2D eigenvalue weighted by atomic mass is 79.9. The molecule has 0 N–H and O–H groups in total. The van der Waals surface area contributed by atoms with Crippen LogP contribution in [0.4, 0.5) is 0 Å². The van der Waals surface area contributed by atoms with Gasteiger partial charge in [0.25, 0.3) is 0 Å². The van der Waals surface area contributed by atoms with Gasteiger partial charge in [-0.05, 0) is 37.9 Å². The number of hydrogen-bond acceptors (Lipinski definition) is 5. The fourth-order valence-electron chi connectivity index (χ4n) is 2.22. The van der Waals surface area contributed by atoms with Gasteiger partial charge in [-0.1, -0.05) is 41.5 Å². The third kappa shape index (κ3) is 3.78. The van der Waals surface area contributed by atoms with Gasteiger partial charge in [-0.3, -0.25) is 0 Å². The van der Waals surface area contributed by atoms with Gasteiger partial charge in [0, 0.05) is 19.8 Å². The van der Waals surface area contributed by atoms with Crippen LogP contribution >= 0.6 is 31.9 Å². The molecule has 0 fully saturated rings. The number of aromatic nitrogens is 3. The molecular weight excluding hydrogens is 462 g/mol. The van der Waals surface area contributed by atoms with Crippen molar-refractivity contribution in [3.8, 4) is 23.2 Å². The molecule has 0 bridgehead atoms. The number of nitrogens with zero attached hydrogens (tertiary/aromatic N) is 3. The van der Waals surface area contributed by atoms with Gasteiger partial charge in [0.05, 0.1) is 11.4 Å². The third-order valence-electron chi connectivity index (χ3n) is 3.88. The normalized spacial score (nSPS) is 12.6. The van der Waals surface area contributed by atoms with Crippen LogP contribution in [-0.4, -0.2) is 15.0 Å². The molecule has 0 aromatic carbocycles. The summed E-state index contributed by atoms with van der Waals surface area (Å²) in [4.78, 5) is 13.9. The summed E-state index contributed by atoms with van der Waals surface area (Å²) in [5, 5.41) is 0. The highest BCUT2D eigenvalue weighted by Crippen LogP contribution is 2.36. The van der Waals surface area contributed by atoms with Gasteiger partial charge in [0.1, 0.15) is 23.9 Å². The van der Waals surface area contributed by atoms with E-state index >= 15 is 0 Å². The van der Waals surface area contributed by atoms with E-state index in [1.54, 1.807) is 12.5 Å². The van der Waals surface area contributed by atoms with Crippen molar-refractivity contribution in [2.24, 2.45) is 0 Å². The maximum atomic E-state index is 5.68. The van der Waals surface area contributed by atoms with Gasteiger partial charge in [-0.2, -0.15) is 0 Å². The van der Waals surface area contributed by atoms with Crippen molar-refractivity contribution in [1.82, 2.24) is 15.0 Å². The van der Waals surface area contributed by atoms with Gasteiger partial charge in [-0.25, -0.2) is 15.0 Å². The molecule has 0 radical (unpaired) electrons. The lowest BCUT2D eigenvalue weighted by atomic mass is 9.93. The molecule has 3 heterocycles. The Morgan fingerprint density at radius 1 is 0.692 bits per heavy atom. The lowest BCUT2D eigenvalue weighted by Gasteiger charge is -2.13. The summed E-state index contributed by atoms with van der Waals surface area (Å²) in [5.41, 5.74) is 2.75. The second-order valence-electron chi connectivity index (χ2n) is 8.23. The molecule has 0 aliphatic heterocycles. The van der Waals surface area contributed by atoms with Crippen molar-refractivity contribution >= 4 is 31.9 Å². The summed E-state index contributed by atoms with van der Waals surface area (Å²) in [7, 11) is 0. The molecule has 0 unspecified atom stereocenters. The minimum absolute atomic E-state index is 0.101. The van der Waals surface area contributed by atoms with Crippen LogP contribution in [0.25, 0.3) is 23.2 Å².